The van der Waals surface area contributed by atoms with E-state index >= 15 is 0 Å². The van der Waals surface area contributed by atoms with Crippen LogP contribution in [-0.4, -0.2) is 29.1 Å². The van der Waals surface area contributed by atoms with Crippen molar-refractivity contribution in [1.82, 2.24) is 5.43 Å². The molecule has 0 radical (unpaired) electrons. The van der Waals surface area contributed by atoms with E-state index in [0.29, 0.717) is 5.25 Å². The topological polar surface area (TPSA) is 64.4 Å². The number of carbonyl (C=O) groups excluding carboxylic acids is 1. The molecule has 2 unspecified atom stereocenters. The standard InChI is InChI=1S/C9H18N2O2S/c1-6(2)14-5-7-3-4-8(13-7)9(12)11-10/h6-8H,3-5,10H2,1-2H3,(H,11,12). The minimum absolute atomic E-state index is 0.206. The van der Waals surface area contributed by atoms with Crippen LogP contribution in [0.3, 0.4) is 0 Å². The van der Waals surface area contributed by atoms with Crippen LogP contribution in [0.4, 0.5) is 0 Å². The fourth-order valence-electron chi connectivity index (χ4n) is 1.41. The SMILES string of the molecule is CC(C)SCC1CCC(C(=O)NN)O1. The Labute approximate surface area is 88.9 Å². The van der Waals surface area contributed by atoms with Gasteiger partial charge in [0, 0.05) is 5.75 Å². The number of carbonyl (C=O) groups is 1. The number of rotatable bonds is 4. The summed E-state index contributed by atoms with van der Waals surface area (Å²) in [4.78, 5) is 11.1. The molecule has 3 N–H and O–H groups in total. The van der Waals surface area contributed by atoms with Crippen molar-refractivity contribution in [2.75, 3.05) is 5.75 Å². The monoisotopic (exact) mass is 218 g/mol. The van der Waals surface area contributed by atoms with E-state index in [1.54, 1.807) is 0 Å². The normalized spacial score (nSPS) is 26.9. The highest BCUT2D eigenvalue weighted by molar-refractivity contribution is 7.99. The molecule has 0 bridgehead atoms. The Morgan fingerprint density at radius 3 is 2.93 bits per heavy atom. The van der Waals surface area contributed by atoms with Crippen LogP contribution in [0.2, 0.25) is 0 Å². The lowest BCUT2D eigenvalue weighted by molar-refractivity contribution is -0.131. The minimum atomic E-state index is -0.335. The van der Waals surface area contributed by atoms with Crippen LogP contribution in [-0.2, 0) is 9.53 Å². The third-order valence-corrected chi connectivity index (χ3v) is 3.39. The number of ether oxygens (including phenoxy) is 1. The number of amides is 1. The first-order valence-corrected chi connectivity index (χ1v) is 5.96. The van der Waals surface area contributed by atoms with Crippen molar-refractivity contribution in [3.05, 3.63) is 0 Å². The van der Waals surface area contributed by atoms with Gasteiger partial charge in [-0.2, -0.15) is 11.8 Å². The maximum absolute atomic E-state index is 11.1. The van der Waals surface area contributed by atoms with Gasteiger partial charge in [0.25, 0.3) is 5.91 Å². The van der Waals surface area contributed by atoms with Gasteiger partial charge in [-0.15, -0.1) is 0 Å². The van der Waals surface area contributed by atoms with Crippen molar-refractivity contribution in [2.24, 2.45) is 5.84 Å². The van der Waals surface area contributed by atoms with E-state index < -0.39 is 0 Å². The molecule has 1 rings (SSSR count). The molecule has 0 aromatic carbocycles. The highest BCUT2D eigenvalue weighted by Gasteiger charge is 2.30. The van der Waals surface area contributed by atoms with Crippen LogP contribution < -0.4 is 11.3 Å². The maximum atomic E-state index is 11.1. The number of nitrogens with two attached hydrogens (primary N) is 1. The lowest BCUT2D eigenvalue weighted by Crippen LogP contribution is -2.39. The van der Waals surface area contributed by atoms with E-state index in [1.165, 1.54) is 0 Å². The van der Waals surface area contributed by atoms with Gasteiger partial charge in [0.1, 0.15) is 6.10 Å². The summed E-state index contributed by atoms with van der Waals surface area (Å²) in [6.07, 6.45) is 1.62. The first-order chi connectivity index (χ1) is 6.63. The van der Waals surface area contributed by atoms with Crippen LogP contribution in [0.15, 0.2) is 0 Å². The van der Waals surface area contributed by atoms with Gasteiger partial charge in [0.05, 0.1) is 6.10 Å². The van der Waals surface area contributed by atoms with E-state index in [1.807, 2.05) is 11.8 Å². The van der Waals surface area contributed by atoms with Gasteiger partial charge in [-0.05, 0) is 18.1 Å². The first kappa shape index (κ1) is 11.8. The molecule has 4 nitrogen and oxygen atoms in total. The summed E-state index contributed by atoms with van der Waals surface area (Å²) in [5.74, 6) is 5.79. The lowest BCUT2D eigenvalue weighted by Gasteiger charge is -2.13. The number of thioether (sulfide) groups is 1. The van der Waals surface area contributed by atoms with Crippen molar-refractivity contribution >= 4 is 17.7 Å². The average molecular weight is 218 g/mol. The van der Waals surface area contributed by atoms with Crippen molar-refractivity contribution in [1.29, 1.82) is 0 Å². The van der Waals surface area contributed by atoms with E-state index in [2.05, 4.69) is 19.3 Å². The van der Waals surface area contributed by atoms with Gasteiger partial charge < -0.3 is 4.74 Å². The fraction of sp³-hybridized carbons (Fsp3) is 0.889. The molecule has 14 heavy (non-hydrogen) atoms. The Morgan fingerprint density at radius 2 is 2.36 bits per heavy atom. The van der Waals surface area contributed by atoms with Gasteiger partial charge in [-0.25, -0.2) is 5.84 Å². The van der Waals surface area contributed by atoms with Gasteiger partial charge in [0.15, 0.2) is 0 Å². The Kier molecular flexibility index (Phi) is 4.71. The summed E-state index contributed by atoms with van der Waals surface area (Å²) < 4.78 is 5.55. The summed E-state index contributed by atoms with van der Waals surface area (Å²) in [6, 6.07) is 0. The average Bonchev–Trinajstić information content (AvgIpc) is 2.62. The molecule has 2 atom stereocenters. The predicted octanol–water partition coefficient (Wildman–Crippen LogP) is 0.666. The fourth-order valence-corrected chi connectivity index (χ4v) is 2.26. The van der Waals surface area contributed by atoms with Crippen molar-refractivity contribution in [2.45, 2.75) is 44.1 Å². The molecular formula is C9H18N2O2S. The third-order valence-electron chi connectivity index (χ3n) is 2.16. The van der Waals surface area contributed by atoms with Gasteiger partial charge in [0.2, 0.25) is 0 Å². The van der Waals surface area contributed by atoms with E-state index in [4.69, 9.17) is 10.6 Å². The zero-order valence-corrected chi connectivity index (χ0v) is 9.47. The Morgan fingerprint density at radius 1 is 1.64 bits per heavy atom. The summed E-state index contributed by atoms with van der Waals surface area (Å²) in [7, 11) is 0. The number of hydrogen-bond acceptors (Lipinski definition) is 4. The predicted molar refractivity (Wildman–Crippen MR) is 57.8 cm³/mol. The molecular weight excluding hydrogens is 200 g/mol. The molecule has 0 saturated carbocycles. The maximum Gasteiger partial charge on any atom is 0.263 e. The van der Waals surface area contributed by atoms with Crippen molar-refractivity contribution < 1.29 is 9.53 Å². The number of hydrogen-bond donors (Lipinski definition) is 2. The van der Waals surface area contributed by atoms with E-state index in [0.717, 1.165) is 18.6 Å². The van der Waals surface area contributed by atoms with Crippen LogP contribution in [0.5, 0.6) is 0 Å². The number of nitrogens with one attached hydrogen (secondary N) is 1. The van der Waals surface area contributed by atoms with Crippen LogP contribution >= 0.6 is 11.8 Å². The van der Waals surface area contributed by atoms with Gasteiger partial charge in [-0.3, -0.25) is 10.2 Å². The molecule has 0 aromatic rings. The summed E-state index contributed by atoms with van der Waals surface area (Å²) >= 11 is 1.86. The molecule has 1 heterocycles. The Hall–Kier alpha value is -0.260. The van der Waals surface area contributed by atoms with Gasteiger partial charge >= 0.3 is 0 Å². The van der Waals surface area contributed by atoms with E-state index in [9.17, 15) is 4.79 Å². The Balaban J connectivity index is 2.23. The zero-order chi connectivity index (χ0) is 10.6. The van der Waals surface area contributed by atoms with E-state index in [-0.39, 0.29) is 18.1 Å². The van der Waals surface area contributed by atoms with Gasteiger partial charge in [-0.1, -0.05) is 13.8 Å². The second kappa shape index (κ2) is 5.58. The van der Waals surface area contributed by atoms with Crippen molar-refractivity contribution in [3.63, 3.8) is 0 Å². The molecule has 0 spiro atoms. The molecule has 0 aromatic heterocycles. The Bertz CT molecular complexity index is 199. The molecule has 1 aliphatic heterocycles. The van der Waals surface area contributed by atoms with Crippen LogP contribution in [0.1, 0.15) is 26.7 Å². The second-order valence-corrected chi connectivity index (χ2v) is 5.32. The third kappa shape index (κ3) is 3.48. The lowest BCUT2D eigenvalue weighted by atomic mass is 10.2. The van der Waals surface area contributed by atoms with Crippen LogP contribution in [0, 0.1) is 0 Å². The van der Waals surface area contributed by atoms with Crippen LogP contribution in [0.25, 0.3) is 0 Å². The highest BCUT2D eigenvalue weighted by atomic mass is 32.2. The molecule has 1 amide bonds. The molecule has 1 saturated heterocycles. The first-order valence-electron chi connectivity index (χ1n) is 4.91. The molecule has 1 fully saturated rings. The molecule has 1 aliphatic rings. The minimum Gasteiger partial charge on any atom is -0.364 e. The summed E-state index contributed by atoms with van der Waals surface area (Å²) in [5, 5.41) is 0.612. The highest BCUT2D eigenvalue weighted by Crippen LogP contribution is 2.24. The smallest absolute Gasteiger partial charge is 0.263 e. The summed E-state index contributed by atoms with van der Waals surface area (Å²) in [5.41, 5.74) is 2.12. The molecule has 0 aliphatic carbocycles. The number of hydrazine groups is 1. The quantitative estimate of drug-likeness (QED) is 0.413. The second-order valence-electron chi connectivity index (χ2n) is 3.71. The zero-order valence-electron chi connectivity index (χ0n) is 8.66. The van der Waals surface area contributed by atoms with Crippen molar-refractivity contribution in [3.8, 4) is 0 Å². The summed E-state index contributed by atoms with van der Waals surface area (Å²) in [6.45, 7) is 4.31. The molecule has 82 valence electrons. The largest absolute Gasteiger partial charge is 0.364 e. The molecule has 5 heteroatoms.